The Morgan fingerprint density at radius 1 is 1.83 bits per heavy atom. The van der Waals surface area contributed by atoms with Crippen LogP contribution >= 0.6 is 0 Å². The van der Waals surface area contributed by atoms with Gasteiger partial charge in [-0.05, 0) is 11.6 Å². The van der Waals surface area contributed by atoms with E-state index in [0.29, 0.717) is 5.92 Å². The monoisotopic (exact) mass is 80.0 g/mol. The van der Waals surface area contributed by atoms with Crippen molar-refractivity contribution in [2.45, 2.75) is 6.92 Å². The summed E-state index contributed by atoms with van der Waals surface area (Å²) in [6.07, 6.45) is 3.79. The fourth-order valence-electron chi connectivity index (χ4n) is 0.364. The van der Waals surface area contributed by atoms with Crippen molar-refractivity contribution in [1.29, 1.82) is 0 Å². The lowest BCUT2D eigenvalue weighted by atomic mass is 10.2. The van der Waals surface area contributed by atoms with Crippen molar-refractivity contribution in [3.05, 3.63) is 6.08 Å². The highest BCUT2D eigenvalue weighted by Crippen LogP contribution is 1.86. The zero-order valence-electron chi connectivity index (χ0n) is 3.68. The van der Waals surface area contributed by atoms with Gasteiger partial charge in [-0.25, -0.2) is 0 Å². The highest BCUT2D eigenvalue weighted by molar-refractivity contribution is 5.75. The molecule has 0 aromatic carbocycles. The van der Waals surface area contributed by atoms with Crippen molar-refractivity contribution >= 4 is 12.1 Å². The van der Waals surface area contributed by atoms with Crippen molar-refractivity contribution in [3.63, 3.8) is 0 Å². The Morgan fingerprint density at radius 2 is 2.67 bits per heavy atom. The summed E-state index contributed by atoms with van der Waals surface area (Å²) >= 11 is 0. The molecule has 0 aromatic rings. The Morgan fingerprint density at radius 3 is 2.83 bits per heavy atom. The molecule has 0 saturated heterocycles. The number of nitrogens with zero attached hydrogens (tertiary/aromatic N) is 1. The zero-order valence-corrected chi connectivity index (χ0v) is 3.68. The molecule has 1 aliphatic rings. The molecule has 0 saturated carbocycles. The van der Waals surface area contributed by atoms with Crippen LogP contribution in [0.1, 0.15) is 6.92 Å². The lowest BCUT2D eigenvalue weighted by Crippen LogP contribution is -1.84. The van der Waals surface area contributed by atoms with E-state index in [9.17, 15) is 0 Å². The number of hydrogen-bond donors (Lipinski definition) is 0. The quantitative estimate of drug-likeness (QED) is 0.364. The maximum absolute atomic E-state index is 3.73. The van der Waals surface area contributed by atoms with Gasteiger partial charge in [-0.1, -0.05) is 0 Å². The van der Waals surface area contributed by atoms with E-state index in [1.54, 1.807) is 0 Å². The molecule has 0 spiro atoms. The molecule has 0 aliphatic carbocycles. The standard InChI is InChI=1S/C5H6N/c1-5-2-3-6-4-5/h2,4-5H,1H3/q+1. The van der Waals surface area contributed by atoms with Crippen LogP contribution in [0.25, 0.3) is 0 Å². The third-order valence-corrected chi connectivity index (χ3v) is 0.722. The van der Waals surface area contributed by atoms with E-state index in [4.69, 9.17) is 0 Å². The van der Waals surface area contributed by atoms with Crippen LogP contribution < -0.4 is 4.67 Å². The first-order valence-electron chi connectivity index (χ1n) is 2.01. The normalized spacial score (nSPS) is 26.5. The Bertz CT molecular complexity index is 118. The first-order chi connectivity index (χ1) is 2.89. The lowest BCUT2D eigenvalue weighted by Gasteiger charge is -1.71. The minimum absolute atomic E-state index is 0.519. The first kappa shape index (κ1) is 3.42. The molecular weight excluding hydrogens is 74.1 g/mol. The summed E-state index contributed by atoms with van der Waals surface area (Å²) in [6, 6.07) is 0. The molecule has 0 N–H and O–H groups in total. The summed E-state index contributed by atoms with van der Waals surface area (Å²) < 4.78 is 3.73. The van der Waals surface area contributed by atoms with Gasteiger partial charge in [0.15, 0.2) is 0 Å². The van der Waals surface area contributed by atoms with Crippen LogP contribution in [0.3, 0.4) is 0 Å². The van der Waals surface area contributed by atoms with E-state index in [1.165, 1.54) is 0 Å². The maximum atomic E-state index is 3.73. The molecule has 0 amide bonds. The van der Waals surface area contributed by atoms with Crippen LogP contribution in [0.15, 0.2) is 6.08 Å². The van der Waals surface area contributed by atoms with E-state index in [2.05, 4.69) is 17.5 Å². The van der Waals surface area contributed by atoms with Gasteiger partial charge in [-0.15, -0.1) is 0 Å². The molecule has 1 unspecified atom stereocenters. The predicted octanol–water partition coefficient (Wildman–Crippen LogP) is 0. The Labute approximate surface area is 36.7 Å². The van der Waals surface area contributed by atoms with Crippen LogP contribution in [-0.2, 0) is 0 Å². The van der Waals surface area contributed by atoms with Crippen molar-refractivity contribution < 1.29 is 0 Å². The third kappa shape index (κ3) is 0.414. The topological polar surface area (TPSA) is 14.1 Å². The van der Waals surface area contributed by atoms with Crippen LogP contribution in [0, 0.1) is 5.92 Å². The summed E-state index contributed by atoms with van der Waals surface area (Å²) in [5.74, 6) is 3.23. The van der Waals surface area contributed by atoms with Gasteiger partial charge in [0.25, 0.3) is 6.21 Å². The molecule has 0 aromatic heterocycles. The van der Waals surface area contributed by atoms with Gasteiger partial charge < -0.3 is 0 Å². The largest absolute Gasteiger partial charge is 0.307 e. The summed E-state index contributed by atoms with van der Waals surface area (Å²) in [6.45, 7) is 2.07. The van der Waals surface area contributed by atoms with Gasteiger partial charge >= 0.3 is 5.87 Å². The van der Waals surface area contributed by atoms with Crippen LogP contribution in [0.2, 0.25) is 0 Å². The van der Waals surface area contributed by atoms with E-state index in [0.717, 1.165) is 0 Å². The fraction of sp³-hybridized carbons (Fsp3) is 0.400. The second-order valence-corrected chi connectivity index (χ2v) is 1.43. The van der Waals surface area contributed by atoms with Crippen LogP contribution in [0.4, 0.5) is 0 Å². The van der Waals surface area contributed by atoms with Gasteiger partial charge in [-0.2, -0.15) is 0 Å². The van der Waals surface area contributed by atoms with Crippen molar-refractivity contribution in [3.8, 4) is 0 Å². The summed E-state index contributed by atoms with van der Waals surface area (Å²) in [7, 11) is 0. The molecule has 6 heavy (non-hydrogen) atoms. The minimum atomic E-state index is 0.519. The fourth-order valence-corrected chi connectivity index (χ4v) is 0.364. The third-order valence-electron chi connectivity index (χ3n) is 0.722. The van der Waals surface area contributed by atoms with Crippen LogP contribution in [-0.4, -0.2) is 12.1 Å². The Kier molecular flexibility index (Phi) is 0.648. The van der Waals surface area contributed by atoms with E-state index < -0.39 is 0 Å². The molecule has 1 atom stereocenters. The molecule has 0 bridgehead atoms. The smallest absolute Gasteiger partial charge is 0.0475 e. The summed E-state index contributed by atoms with van der Waals surface area (Å²) in [5.41, 5.74) is 0. The summed E-state index contributed by atoms with van der Waals surface area (Å²) in [5, 5.41) is 0. The Balaban J connectivity index is 2.89. The predicted molar refractivity (Wildman–Crippen MR) is 26.9 cm³/mol. The van der Waals surface area contributed by atoms with Crippen molar-refractivity contribution in [2.24, 2.45) is 5.92 Å². The van der Waals surface area contributed by atoms with E-state index in [1.807, 2.05) is 12.3 Å². The van der Waals surface area contributed by atoms with Gasteiger partial charge in [-0.3, -0.25) is 0 Å². The second-order valence-electron chi connectivity index (χ2n) is 1.43. The first-order valence-corrected chi connectivity index (χ1v) is 2.01. The van der Waals surface area contributed by atoms with Crippen molar-refractivity contribution in [1.82, 2.24) is 4.67 Å². The number of allylic oxidation sites excluding steroid dienone is 1. The molecule has 1 aliphatic heterocycles. The molecular formula is C5H6N+. The molecule has 1 heterocycles. The molecule has 0 fully saturated rings. The van der Waals surface area contributed by atoms with E-state index >= 15 is 0 Å². The Hall–Kier alpha value is -0.770. The van der Waals surface area contributed by atoms with Crippen molar-refractivity contribution in [2.75, 3.05) is 0 Å². The molecule has 1 rings (SSSR count). The van der Waals surface area contributed by atoms with Gasteiger partial charge in [0.2, 0.25) is 0 Å². The highest BCUT2D eigenvalue weighted by atomic mass is 14.5. The molecule has 30 valence electrons. The molecule has 1 heteroatoms. The SMILES string of the molecule is CC1C=C=[N+]=C1. The second kappa shape index (κ2) is 1.14. The average Bonchev–Trinajstić information content (AvgIpc) is 1.86. The van der Waals surface area contributed by atoms with Gasteiger partial charge in [0.05, 0.1) is 12.0 Å². The maximum Gasteiger partial charge on any atom is 0.307 e. The summed E-state index contributed by atoms with van der Waals surface area (Å²) in [4.78, 5) is 0. The lowest BCUT2D eigenvalue weighted by molar-refractivity contribution is 1.05. The highest BCUT2D eigenvalue weighted by Gasteiger charge is 2.01. The van der Waals surface area contributed by atoms with Gasteiger partial charge in [0, 0.05) is 0 Å². The average molecular weight is 80.1 g/mol. The number of hydrogen-bond acceptors (Lipinski definition) is 0. The number of rotatable bonds is 0. The van der Waals surface area contributed by atoms with Crippen LogP contribution in [0.5, 0.6) is 0 Å². The van der Waals surface area contributed by atoms with E-state index in [-0.39, 0.29) is 0 Å². The zero-order chi connectivity index (χ0) is 4.41. The van der Waals surface area contributed by atoms with Gasteiger partial charge in [0.1, 0.15) is 0 Å². The molecule has 0 radical (unpaired) electrons. The molecule has 1 nitrogen and oxygen atoms in total. The minimum Gasteiger partial charge on any atom is -0.0475 e.